The second-order valence-corrected chi connectivity index (χ2v) is 6.28. The first kappa shape index (κ1) is 18.8. The number of carbonyl (C=O) groups excluding carboxylic acids is 1. The van der Waals surface area contributed by atoms with Gasteiger partial charge in [0.2, 0.25) is 0 Å². The van der Waals surface area contributed by atoms with Gasteiger partial charge in [-0.15, -0.1) is 11.3 Å². The van der Waals surface area contributed by atoms with Gasteiger partial charge in [0.1, 0.15) is 11.5 Å². The summed E-state index contributed by atoms with van der Waals surface area (Å²) < 4.78 is 10.5. The first-order chi connectivity index (χ1) is 12.0. The average Bonchev–Trinajstić information content (AvgIpc) is 3.09. The fourth-order valence-corrected chi connectivity index (χ4v) is 3.45. The third kappa shape index (κ3) is 4.51. The fourth-order valence-electron chi connectivity index (χ4n) is 2.56. The lowest BCUT2D eigenvalue weighted by molar-refractivity contribution is -0.137. The van der Waals surface area contributed by atoms with Crippen LogP contribution in [0, 0.1) is 0 Å². The van der Waals surface area contributed by atoms with E-state index in [1.165, 1.54) is 25.6 Å². The molecule has 25 heavy (non-hydrogen) atoms. The van der Waals surface area contributed by atoms with Crippen LogP contribution in [0.4, 0.5) is 0 Å². The highest BCUT2D eigenvalue weighted by molar-refractivity contribution is 7.12. The van der Waals surface area contributed by atoms with Crippen LogP contribution in [-0.2, 0) is 11.2 Å². The van der Waals surface area contributed by atoms with Gasteiger partial charge in [0.05, 0.1) is 31.6 Å². The van der Waals surface area contributed by atoms with Gasteiger partial charge in [-0.3, -0.25) is 9.59 Å². The molecule has 1 aromatic carbocycles. The summed E-state index contributed by atoms with van der Waals surface area (Å²) in [6, 6.07) is 6.28. The molecule has 1 amide bonds. The molecule has 0 bridgehead atoms. The lowest BCUT2D eigenvalue weighted by Crippen LogP contribution is -2.30. The minimum Gasteiger partial charge on any atom is -0.497 e. The Hall–Kier alpha value is -2.54. The van der Waals surface area contributed by atoms with E-state index in [1.54, 1.807) is 18.2 Å². The van der Waals surface area contributed by atoms with Crippen LogP contribution >= 0.6 is 11.3 Å². The van der Waals surface area contributed by atoms with Crippen LogP contribution in [0.3, 0.4) is 0 Å². The zero-order valence-electron chi connectivity index (χ0n) is 14.4. The van der Waals surface area contributed by atoms with Gasteiger partial charge in [0.25, 0.3) is 5.91 Å². The highest BCUT2D eigenvalue weighted by atomic mass is 32.1. The van der Waals surface area contributed by atoms with Crippen molar-refractivity contribution in [2.75, 3.05) is 14.2 Å². The zero-order valence-corrected chi connectivity index (χ0v) is 15.2. The standard InChI is InChI=1S/C18H21NO5S/c1-4-11-7-8-25-17(11)18(22)19-14(10-16(20)21)13-6-5-12(23-2)9-15(13)24-3/h5-9,14H,4,10H2,1-3H3,(H,19,22)(H,20,21). The lowest BCUT2D eigenvalue weighted by Gasteiger charge is -2.20. The molecule has 0 saturated carbocycles. The maximum Gasteiger partial charge on any atom is 0.305 e. The van der Waals surface area contributed by atoms with E-state index in [1.807, 2.05) is 18.4 Å². The van der Waals surface area contributed by atoms with Crippen molar-refractivity contribution in [1.82, 2.24) is 5.32 Å². The number of carbonyl (C=O) groups is 2. The highest BCUT2D eigenvalue weighted by Crippen LogP contribution is 2.31. The van der Waals surface area contributed by atoms with E-state index in [2.05, 4.69) is 5.32 Å². The van der Waals surface area contributed by atoms with Crippen LogP contribution in [0.15, 0.2) is 29.6 Å². The van der Waals surface area contributed by atoms with Crippen molar-refractivity contribution in [2.24, 2.45) is 0 Å². The van der Waals surface area contributed by atoms with Crippen LogP contribution < -0.4 is 14.8 Å². The van der Waals surface area contributed by atoms with E-state index in [0.29, 0.717) is 21.9 Å². The Morgan fingerprint density at radius 3 is 2.60 bits per heavy atom. The SMILES string of the molecule is CCc1ccsc1C(=O)NC(CC(=O)O)c1ccc(OC)cc1OC. The molecule has 1 atom stereocenters. The van der Waals surface area contributed by atoms with Gasteiger partial charge >= 0.3 is 5.97 Å². The maximum absolute atomic E-state index is 12.6. The van der Waals surface area contributed by atoms with Crippen molar-refractivity contribution < 1.29 is 24.2 Å². The first-order valence-electron chi connectivity index (χ1n) is 7.81. The van der Waals surface area contributed by atoms with Gasteiger partial charge in [0, 0.05) is 11.6 Å². The zero-order chi connectivity index (χ0) is 18.4. The number of thiophene rings is 1. The second-order valence-electron chi connectivity index (χ2n) is 5.36. The molecule has 0 spiro atoms. The maximum atomic E-state index is 12.6. The van der Waals surface area contributed by atoms with Crippen molar-refractivity contribution in [3.63, 3.8) is 0 Å². The van der Waals surface area contributed by atoms with E-state index in [4.69, 9.17) is 9.47 Å². The van der Waals surface area contributed by atoms with Gasteiger partial charge in [-0.25, -0.2) is 0 Å². The molecule has 6 nitrogen and oxygen atoms in total. The molecule has 0 aliphatic carbocycles. The van der Waals surface area contributed by atoms with E-state index in [9.17, 15) is 14.7 Å². The molecule has 0 fully saturated rings. The van der Waals surface area contributed by atoms with E-state index in [-0.39, 0.29) is 12.3 Å². The molecule has 7 heteroatoms. The molecule has 0 aliphatic heterocycles. The predicted octanol–water partition coefficient (Wildman–Crippen LogP) is 3.27. The molecule has 134 valence electrons. The first-order valence-corrected chi connectivity index (χ1v) is 8.69. The Kier molecular flexibility index (Phi) is 6.41. The van der Waals surface area contributed by atoms with Gasteiger partial charge in [-0.2, -0.15) is 0 Å². The van der Waals surface area contributed by atoms with Crippen molar-refractivity contribution in [2.45, 2.75) is 25.8 Å². The Balaban J connectivity index is 2.33. The fraction of sp³-hybridized carbons (Fsp3) is 0.333. The van der Waals surface area contributed by atoms with Gasteiger partial charge in [-0.1, -0.05) is 6.92 Å². The molecule has 1 unspecified atom stereocenters. The van der Waals surface area contributed by atoms with E-state index in [0.717, 1.165) is 12.0 Å². The minimum atomic E-state index is -1.01. The van der Waals surface area contributed by atoms with Crippen LogP contribution in [0.1, 0.15) is 40.2 Å². The van der Waals surface area contributed by atoms with Crippen LogP contribution in [-0.4, -0.2) is 31.2 Å². The third-order valence-corrected chi connectivity index (χ3v) is 4.79. The summed E-state index contributed by atoms with van der Waals surface area (Å²) in [4.78, 5) is 24.5. The molecule has 2 N–H and O–H groups in total. The number of carboxylic acid groups (broad SMARTS) is 1. The number of methoxy groups -OCH3 is 2. The Bertz CT molecular complexity index is 756. The van der Waals surface area contributed by atoms with Crippen LogP contribution in [0.25, 0.3) is 0 Å². The minimum absolute atomic E-state index is 0.249. The summed E-state index contributed by atoms with van der Waals surface area (Å²) in [6.07, 6.45) is 0.489. The summed E-state index contributed by atoms with van der Waals surface area (Å²) in [6.45, 7) is 1.97. The molecule has 0 saturated heterocycles. The normalized spacial score (nSPS) is 11.6. The predicted molar refractivity (Wildman–Crippen MR) is 95.7 cm³/mol. The smallest absolute Gasteiger partial charge is 0.305 e. The van der Waals surface area contributed by atoms with Gasteiger partial charge < -0.3 is 19.9 Å². The number of rotatable bonds is 8. The number of aryl methyl sites for hydroxylation is 1. The average molecular weight is 363 g/mol. The molecule has 0 aliphatic rings. The summed E-state index contributed by atoms with van der Waals surface area (Å²) in [5.41, 5.74) is 1.53. The molecular formula is C18H21NO5S. The monoisotopic (exact) mass is 363 g/mol. The number of hydrogen-bond donors (Lipinski definition) is 2. The summed E-state index contributed by atoms with van der Waals surface area (Å²) in [7, 11) is 3.03. The van der Waals surface area contributed by atoms with Crippen molar-refractivity contribution in [3.8, 4) is 11.5 Å². The van der Waals surface area contributed by atoms with Gasteiger partial charge in [0.15, 0.2) is 0 Å². The largest absolute Gasteiger partial charge is 0.497 e. The number of carboxylic acids is 1. The van der Waals surface area contributed by atoms with E-state index >= 15 is 0 Å². The topological polar surface area (TPSA) is 84.9 Å². The van der Waals surface area contributed by atoms with Gasteiger partial charge in [-0.05, 0) is 35.6 Å². The molecule has 0 radical (unpaired) electrons. The third-order valence-electron chi connectivity index (χ3n) is 3.83. The summed E-state index contributed by atoms with van der Waals surface area (Å²) in [5.74, 6) is -0.235. The molecule has 1 aromatic heterocycles. The molecule has 2 rings (SSSR count). The van der Waals surface area contributed by atoms with Crippen LogP contribution in [0.2, 0.25) is 0 Å². The Morgan fingerprint density at radius 2 is 2.00 bits per heavy atom. The molecule has 2 aromatic rings. The number of benzene rings is 1. The molecular weight excluding hydrogens is 342 g/mol. The summed E-state index contributed by atoms with van der Waals surface area (Å²) >= 11 is 1.34. The van der Waals surface area contributed by atoms with E-state index < -0.39 is 12.0 Å². The number of amides is 1. The van der Waals surface area contributed by atoms with Crippen molar-refractivity contribution in [3.05, 3.63) is 45.6 Å². The summed E-state index contributed by atoms with van der Waals surface area (Å²) in [5, 5.41) is 13.9. The quantitative estimate of drug-likeness (QED) is 0.752. The lowest BCUT2D eigenvalue weighted by atomic mass is 10.0. The number of nitrogens with one attached hydrogen (secondary N) is 1. The Morgan fingerprint density at radius 1 is 1.24 bits per heavy atom. The number of hydrogen-bond acceptors (Lipinski definition) is 5. The number of ether oxygens (including phenoxy) is 2. The highest BCUT2D eigenvalue weighted by Gasteiger charge is 2.24. The second kappa shape index (κ2) is 8.53. The van der Waals surface area contributed by atoms with Crippen molar-refractivity contribution in [1.29, 1.82) is 0 Å². The van der Waals surface area contributed by atoms with Crippen LogP contribution in [0.5, 0.6) is 11.5 Å². The van der Waals surface area contributed by atoms with Crippen molar-refractivity contribution >= 4 is 23.2 Å². The number of aliphatic carboxylic acids is 1. The molecule has 1 heterocycles. The Labute approximate surface area is 150 Å².